The number of aromatic nitrogens is 2. The van der Waals surface area contributed by atoms with E-state index in [-0.39, 0.29) is 0 Å². The molecule has 3 aromatic rings. The third kappa shape index (κ3) is 3.96. The van der Waals surface area contributed by atoms with Crippen LogP contribution < -0.4 is 0 Å². The van der Waals surface area contributed by atoms with Crippen molar-refractivity contribution in [2.45, 2.75) is 0 Å². The second kappa shape index (κ2) is 7.09. The molecule has 3 rings (SSSR count). The van der Waals surface area contributed by atoms with Gasteiger partial charge >= 0.3 is 0 Å². The molecule has 0 spiro atoms. The van der Waals surface area contributed by atoms with Gasteiger partial charge in [0.25, 0.3) is 0 Å². The SMILES string of the molecule is C(=Nc1ccc(/C=C/c2ccncc2)cc1)c1ccncc1. The van der Waals surface area contributed by atoms with Gasteiger partial charge in [-0.3, -0.25) is 15.0 Å². The summed E-state index contributed by atoms with van der Waals surface area (Å²) in [5.74, 6) is 0. The zero-order chi connectivity index (χ0) is 15.0. The van der Waals surface area contributed by atoms with Crippen molar-refractivity contribution >= 4 is 24.1 Å². The Morgan fingerprint density at radius 3 is 1.68 bits per heavy atom. The topological polar surface area (TPSA) is 38.1 Å². The minimum atomic E-state index is 0.929. The number of aliphatic imine (C=N–C) groups is 1. The molecule has 1 aromatic carbocycles. The molecule has 0 saturated carbocycles. The highest BCUT2D eigenvalue weighted by molar-refractivity contribution is 5.81. The summed E-state index contributed by atoms with van der Waals surface area (Å²) in [4.78, 5) is 12.4. The van der Waals surface area contributed by atoms with Crippen molar-refractivity contribution in [3.05, 3.63) is 90.0 Å². The maximum absolute atomic E-state index is 4.45. The Balaban J connectivity index is 1.68. The van der Waals surface area contributed by atoms with Gasteiger partial charge in [0.15, 0.2) is 0 Å². The van der Waals surface area contributed by atoms with Gasteiger partial charge in [-0.2, -0.15) is 0 Å². The van der Waals surface area contributed by atoms with Crippen molar-refractivity contribution in [1.82, 2.24) is 9.97 Å². The maximum atomic E-state index is 4.45. The van der Waals surface area contributed by atoms with Crippen molar-refractivity contribution in [3.8, 4) is 0 Å². The van der Waals surface area contributed by atoms with E-state index in [1.54, 1.807) is 24.8 Å². The molecule has 0 N–H and O–H groups in total. The molecular weight excluding hydrogens is 270 g/mol. The number of hydrogen-bond donors (Lipinski definition) is 0. The van der Waals surface area contributed by atoms with E-state index in [0.29, 0.717) is 0 Å². The fourth-order valence-corrected chi connectivity index (χ4v) is 1.94. The van der Waals surface area contributed by atoms with Crippen molar-refractivity contribution in [1.29, 1.82) is 0 Å². The van der Waals surface area contributed by atoms with Crippen LogP contribution in [0.3, 0.4) is 0 Å². The predicted molar refractivity (Wildman–Crippen MR) is 91.1 cm³/mol. The first-order chi connectivity index (χ1) is 10.9. The van der Waals surface area contributed by atoms with Crippen LogP contribution in [-0.2, 0) is 0 Å². The molecule has 0 amide bonds. The molecular formula is C19H15N3. The molecule has 0 aliphatic carbocycles. The van der Waals surface area contributed by atoms with E-state index in [4.69, 9.17) is 0 Å². The Kier molecular flexibility index (Phi) is 4.47. The number of hydrogen-bond acceptors (Lipinski definition) is 3. The Bertz CT molecular complexity index is 692. The molecule has 3 nitrogen and oxygen atoms in total. The predicted octanol–water partition coefficient (Wildman–Crippen LogP) is 4.40. The van der Waals surface area contributed by atoms with Crippen molar-refractivity contribution in [2.75, 3.05) is 0 Å². The van der Waals surface area contributed by atoms with Crippen LogP contribution >= 0.6 is 0 Å². The van der Waals surface area contributed by atoms with Crippen LogP contribution in [0.1, 0.15) is 16.7 Å². The van der Waals surface area contributed by atoms with Gasteiger partial charge < -0.3 is 0 Å². The first-order valence-corrected chi connectivity index (χ1v) is 7.02. The number of pyridine rings is 2. The van der Waals surface area contributed by atoms with E-state index in [9.17, 15) is 0 Å². The summed E-state index contributed by atoms with van der Waals surface area (Å²) in [5.41, 5.74) is 4.24. The lowest BCUT2D eigenvalue weighted by Gasteiger charge is -1.97. The number of benzene rings is 1. The second-order valence-corrected chi connectivity index (χ2v) is 4.74. The third-order valence-corrected chi connectivity index (χ3v) is 3.14. The van der Waals surface area contributed by atoms with Crippen LogP contribution in [0.4, 0.5) is 5.69 Å². The van der Waals surface area contributed by atoms with Crippen LogP contribution in [0.5, 0.6) is 0 Å². The Morgan fingerprint density at radius 1 is 0.591 bits per heavy atom. The molecule has 0 aliphatic heterocycles. The van der Waals surface area contributed by atoms with E-state index in [1.807, 2.05) is 42.6 Å². The average molecular weight is 285 g/mol. The molecule has 2 heterocycles. The van der Waals surface area contributed by atoms with Gasteiger partial charge in [-0.25, -0.2) is 0 Å². The smallest absolute Gasteiger partial charge is 0.0630 e. The monoisotopic (exact) mass is 285 g/mol. The molecule has 0 saturated heterocycles. The summed E-state index contributed by atoms with van der Waals surface area (Å²) in [6, 6.07) is 15.9. The zero-order valence-electron chi connectivity index (χ0n) is 12.0. The molecule has 3 heteroatoms. The van der Waals surface area contributed by atoms with Crippen molar-refractivity contribution < 1.29 is 0 Å². The first-order valence-electron chi connectivity index (χ1n) is 7.02. The second-order valence-electron chi connectivity index (χ2n) is 4.74. The normalized spacial score (nSPS) is 11.3. The molecule has 0 aliphatic rings. The molecule has 0 fully saturated rings. The maximum Gasteiger partial charge on any atom is 0.0630 e. The largest absolute Gasteiger partial charge is 0.265 e. The standard InChI is InChI=1S/C19H15N3/c1(2-17-7-11-20-12-8-17)16-3-5-19(6-4-16)22-15-18-9-13-21-14-10-18/h1-15H/b2-1+,22-15?. The highest BCUT2D eigenvalue weighted by atomic mass is 14.7. The third-order valence-electron chi connectivity index (χ3n) is 3.14. The van der Waals surface area contributed by atoms with Crippen molar-refractivity contribution in [2.24, 2.45) is 4.99 Å². The van der Waals surface area contributed by atoms with Gasteiger partial charge in [0.2, 0.25) is 0 Å². The van der Waals surface area contributed by atoms with E-state index in [2.05, 4.69) is 39.2 Å². The summed E-state index contributed by atoms with van der Waals surface area (Å²) in [6.07, 6.45) is 13.1. The van der Waals surface area contributed by atoms with E-state index in [0.717, 1.165) is 22.4 Å². The van der Waals surface area contributed by atoms with Gasteiger partial charge in [-0.15, -0.1) is 0 Å². The molecule has 0 bridgehead atoms. The highest BCUT2D eigenvalue weighted by Crippen LogP contribution is 2.15. The Morgan fingerprint density at radius 2 is 1.09 bits per heavy atom. The van der Waals surface area contributed by atoms with Gasteiger partial charge in [-0.1, -0.05) is 24.3 Å². The molecule has 0 unspecified atom stereocenters. The van der Waals surface area contributed by atoms with Gasteiger partial charge in [0.1, 0.15) is 0 Å². The molecule has 0 radical (unpaired) electrons. The molecule has 106 valence electrons. The molecule has 0 atom stereocenters. The number of rotatable bonds is 4. The van der Waals surface area contributed by atoms with E-state index < -0.39 is 0 Å². The van der Waals surface area contributed by atoms with Crippen LogP contribution in [0.25, 0.3) is 12.2 Å². The summed E-state index contributed by atoms with van der Waals surface area (Å²) in [5, 5.41) is 0. The lowest BCUT2D eigenvalue weighted by Crippen LogP contribution is -1.80. The van der Waals surface area contributed by atoms with Gasteiger partial charge in [0, 0.05) is 31.0 Å². The Labute approximate surface area is 129 Å². The fraction of sp³-hybridized carbons (Fsp3) is 0. The summed E-state index contributed by atoms with van der Waals surface area (Å²) in [6.45, 7) is 0. The summed E-state index contributed by atoms with van der Waals surface area (Å²) in [7, 11) is 0. The first kappa shape index (κ1) is 13.9. The Hall–Kier alpha value is -3.07. The van der Waals surface area contributed by atoms with Gasteiger partial charge in [-0.05, 0) is 53.1 Å². The van der Waals surface area contributed by atoms with Crippen LogP contribution in [-0.4, -0.2) is 16.2 Å². The van der Waals surface area contributed by atoms with Crippen LogP contribution in [0, 0.1) is 0 Å². The van der Waals surface area contributed by atoms with Gasteiger partial charge in [0.05, 0.1) is 5.69 Å². The minimum absolute atomic E-state index is 0.929. The summed E-state index contributed by atoms with van der Waals surface area (Å²) >= 11 is 0. The minimum Gasteiger partial charge on any atom is -0.265 e. The zero-order valence-corrected chi connectivity index (χ0v) is 12.0. The lowest BCUT2D eigenvalue weighted by molar-refractivity contribution is 1.32. The van der Waals surface area contributed by atoms with Crippen molar-refractivity contribution in [3.63, 3.8) is 0 Å². The summed E-state index contributed by atoms with van der Waals surface area (Å²) < 4.78 is 0. The van der Waals surface area contributed by atoms with E-state index in [1.165, 1.54) is 0 Å². The highest BCUT2D eigenvalue weighted by Gasteiger charge is 1.91. The molecule has 2 aromatic heterocycles. The van der Waals surface area contributed by atoms with Crippen LogP contribution in [0.2, 0.25) is 0 Å². The fourth-order valence-electron chi connectivity index (χ4n) is 1.94. The lowest BCUT2D eigenvalue weighted by atomic mass is 10.1. The van der Waals surface area contributed by atoms with E-state index >= 15 is 0 Å². The van der Waals surface area contributed by atoms with Crippen LogP contribution in [0.15, 0.2) is 78.3 Å². The molecule has 22 heavy (non-hydrogen) atoms. The number of nitrogens with zero attached hydrogens (tertiary/aromatic N) is 3. The quantitative estimate of drug-likeness (QED) is 0.666. The average Bonchev–Trinajstić information content (AvgIpc) is 2.61.